The monoisotopic (exact) mass is 273 g/mol. The smallest absolute Gasteiger partial charge is 0.303 e. The van der Waals surface area contributed by atoms with Gasteiger partial charge >= 0.3 is 5.97 Å². The second kappa shape index (κ2) is 11.3. The molecule has 3 nitrogen and oxygen atoms in total. The molecule has 0 spiro atoms. The molecule has 3 heteroatoms. The maximum Gasteiger partial charge on any atom is 0.303 e. The molecule has 0 fully saturated rings. The average Bonchev–Trinajstić information content (AvgIpc) is 2.23. The molecule has 0 aromatic carbocycles. The van der Waals surface area contributed by atoms with Crippen LogP contribution in [0.5, 0.6) is 0 Å². The summed E-state index contributed by atoms with van der Waals surface area (Å²) in [6.45, 7) is 13.7. The summed E-state index contributed by atoms with van der Waals surface area (Å²) in [5.74, 6) is 0.635. The Bertz CT molecular complexity index is 221. The van der Waals surface area contributed by atoms with Crippen LogP contribution in [0.1, 0.15) is 80.6 Å². The maximum atomic E-state index is 10.2. The van der Waals surface area contributed by atoms with Gasteiger partial charge in [0.2, 0.25) is 0 Å². The van der Waals surface area contributed by atoms with E-state index in [-0.39, 0.29) is 11.6 Å². The maximum absolute atomic E-state index is 10.2. The van der Waals surface area contributed by atoms with E-state index in [1.807, 2.05) is 20.8 Å². The molecule has 2 unspecified atom stereocenters. The normalized spacial score (nSPS) is 14.1. The quantitative estimate of drug-likeness (QED) is 0.735. The van der Waals surface area contributed by atoms with Crippen molar-refractivity contribution in [3.63, 3.8) is 0 Å². The minimum atomic E-state index is -0.328. The first-order valence-corrected chi connectivity index (χ1v) is 7.57. The summed E-state index contributed by atoms with van der Waals surface area (Å²) in [6.07, 6.45) is 6.22. The fourth-order valence-corrected chi connectivity index (χ4v) is 1.65. The molecule has 0 radical (unpaired) electrons. The van der Waals surface area contributed by atoms with Gasteiger partial charge in [-0.25, -0.2) is 0 Å². The van der Waals surface area contributed by atoms with Crippen LogP contribution in [0.25, 0.3) is 0 Å². The number of esters is 1. The van der Waals surface area contributed by atoms with Crippen LogP contribution in [0.3, 0.4) is 0 Å². The van der Waals surface area contributed by atoms with Gasteiger partial charge in [0.15, 0.2) is 0 Å². The average molecular weight is 273 g/mol. The van der Waals surface area contributed by atoms with Gasteiger partial charge < -0.3 is 10.5 Å². The van der Waals surface area contributed by atoms with E-state index in [4.69, 9.17) is 10.5 Å². The number of rotatable bonds is 6. The Labute approximate surface area is 120 Å². The van der Waals surface area contributed by atoms with Crippen LogP contribution < -0.4 is 5.73 Å². The van der Waals surface area contributed by atoms with E-state index in [2.05, 4.69) is 20.8 Å². The standard InChI is InChI=1S/C10H23N.C6H12O2/c1-4-6-10(11)8-7-9(3)5-2;1-5(7)8-6(2,3)4/h9-10H,4-8,11H2,1-3H3;1-4H3. The number of nitrogens with two attached hydrogens (primary N) is 1. The van der Waals surface area contributed by atoms with Crippen molar-refractivity contribution in [2.24, 2.45) is 11.7 Å². The van der Waals surface area contributed by atoms with Crippen molar-refractivity contribution < 1.29 is 9.53 Å². The molecule has 0 saturated heterocycles. The number of hydrogen-bond donors (Lipinski definition) is 1. The largest absolute Gasteiger partial charge is 0.460 e. The zero-order chi connectivity index (χ0) is 15.5. The molecule has 19 heavy (non-hydrogen) atoms. The van der Waals surface area contributed by atoms with Crippen molar-refractivity contribution in [2.75, 3.05) is 0 Å². The molecule has 0 aliphatic heterocycles. The SMILES string of the molecule is CC(=O)OC(C)(C)C.CCCC(N)CCC(C)CC. The van der Waals surface area contributed by atoms with Gasteiger partial charge in [0, 0.05) is 13.0 Å². The summed E-state index contributed by atoms with van der Waals surface area (Å²) >= 11 is 0. The highest BCUT2D eigenvalue weighted by molar-refractivity contribution is 5.66. The molecule has 0 saturated carbocycles. The molecule has 2 N–H and O–H groups in total. The van der Waals surface area contributed by atoms with Gasteiger partial charge in [-0.05, 0) is 46.0 Å². The first-order chi connectivity index (χ1) is 8.62. The Hall–Kier alpha value is -0.570. The second-order valence-corrected chi connectivity index (χ2v) is 6.35. The van der Waals surface area contributed by atoms with Crippen LogP contribution in [0.4, 0.5) is 0 Å². The van der Waals surface area contributed by atoms with Crippen molar-refractivity contribution in [3.8, 4) is 0 Å². The number of carbonyl (C=O) groups excluding carboxylic acids is 1. The predicted octanol–water partition coefficient (Wildman–Crippen LogP) is 4.29. The third-order valence-electron chi connectivity index (χ3n) is 2.84. The molecule has 0 bridgehead atoms. The predicted molar refractivity (Wildman–Crippen MR) is 83.1 cm³/mol. The lowest BCUT2D eigenvalue weighted by atomic mass is 9.98. The molecular formula is C16H35NO2. The molecule has 0 aromatic heterocycles. The minimum absolute atomic E-state index is 0.225. The minimum Gasteiger partial charge on any atom is -0.460 e. The fraction of sp³-hybridized carbons (Fsp3) is 0.938. The lowest BCUT2D eigenvalue weighted by Crippen LogP contribution is -2.21. The Balaban J connectivity index is 0. The highest BCUT2D eigenvalue weighted by Crippen LogP contribution is 2.12. The number of carbonyl (C=O) groups is 1. The van der Waals surface area contributed by atoms with Gasteiger partial charge in [0.1, 0.15) is 5.60 Å². The lowest BCUT2D eigenvalue weighted by Gasteiger charge is -2.17. The topological polar surface area (TPSA) is 52.3 Å². The van der Waals surface area contributed by atoms with E-state index in [0.29, 0.717) is 6.04 Å². The summed E-state index contributed by atoms with van der Waals surface area (Å²) in [7, 11) is 0. The van der Waals surface area contributed by atoms with Gasteiger partial charge in [0.05, 0.1) is 0 Å². The molecular weight excluding hydrogens is 238 g/mol. The Morgan fingerprint density at radius 3 is 1.95 bits per heavy atom. The van der Waals surface area contributed by atoms with E-state index >= 15 is 0 Å². The molecule has 0 aliphatic carbocycles. The van der Waals surface area contributed by atoms with Crippen LogP contribution in [0.15, 0.2) is 0 Å². The molecule has 0 heterocycles. The number of ether oxygens (including phenoxy) is 1. The molecule has 0 amide bonds. The Morgan fingerprint density at radius 1 is 1.16 bits per heavy atom. The van der Waals surface area contributed by atoms with Crippen LogP contribution in [0.2, 0.25) is 0 Å². The van der Waals surface area contributed by atoms with E-state index in [1.165, 1.54) is 39.0 Å². The molecule has 2 atom stereocenters. The Morgan fingerprint density at radius 2 is 1.68 bits per heavy atom. The Kier molecular flexibility index (Phi) is 12.3. The van der Waals surface area contributed by atoms with Crippen molar-refractivity contribution in [2.45, 2.75) is 92.2 Å². The van der Waals surface area contributed by atoms with E-state index in [1.54, 1.807) is 0 Å². The highest BCUT2D eigenvalue weighted by Gasteiger charge is 2.11. The lowest BCUT2D eigenvalue weighted by molar-refractivity contribution is -0.151. The van der Waals surface area contributed by atoms with Crippen molar-refractivity contribution in [1.82, 2.24) is 0 Å². The summed E-state index contributed by atoms with van der Waals surface area (Å²) in [4.78, 5) is 10.2. The fourth-order valence-electron chi connectivity index (χ4n) is 1.65. The van der Waals surface area contributed by atoms with E-state index in [0.717, 1.165) is 5.92 Å². The van der Waals surface area contributed by atoms with E-state index in [9.17, 15) is 4.79 Å². The summed E-state index contributed by atoms with van der Waals surface area (Å²) in [5.41, 5.74) is 5.56. The van der Waals surface area contributed by atoms with Gasteiger partial charge in [0.25, 0.3) is 0 Å². The van der Waals surface area contributed by atoms with Gasteiger partial charge in [-0.15, -0.1) is 0 Å². The van der Waals surface area contributed by atoms with Gasteiger partial charge in [-0.2, -0.15) is 0 Å². The highest BCUT2D eigenvalue weighted by atomic mass is 16.6. The van der Waals surface area contributed by atoms with Crippen molar-refractivity contribution >= 4 is 5.97 Å². The van der Waals surface area contributed by atoms with Crippen LogP contribution in [0, 0.1) is 5.92 Å². The molecule has 0 rings (SSSR count). The van der Waals surface area contributed by atoms with Gasteiger partial charge in [-0.3, -0.25) is 4.79 Å². The van der Waals surface area contributed by atoms with Crippen LogP contribution in [-0.2, 0) is 9.53 Å². The zero-order valence-corrected chi connectivity index (χ0v) is 14.1. The number of hydrogen-bond acceptors (Lipinski definition) is 3. The summed E-state index contributed by atoms with van der Waals surface area (Å²) in [5, 5.41) is 0. The zero-order valence-electron chi connectivity index (χ0n) is 14.1. The van der Waals surface area contributed by atoms with Gasteiger partial charge in [-0.1, -0.05) is 33.6 Å². The first kappa shape index (κ1) is 20.7. The molecule has 0 aromatic rings. The molecule has 0 aliphatic rings. The third kappa shape index (κ3) is 19.9. The first-order valence-electron chi connectivity index (χ1n) is 7.57. The van der Waals surface area contributed by atoms with Crippen LogP contribution in [-0.4, -0.2) is 17.6 Å². The van der Waals surface area contributed by atoms with Crippen molar-refractivity contribution in [1.29, 1.82) is 0 Å². The molecule has 116 valence electrons. The van der Waals surface area contributed by atoms with Crippen LogP contribution >= 0.6 is 0 Å². The second-order valence-electron chi connectivity index (χ2n) is 6.35. The third-order valence-corrected chi connectivity index (χ3v) is 2.84. The summed E-state index contributed by atoms with van der Waals surface area (Å²) < 4.78 is 4.80. The van der Waals surface area contributed by atoms with Crippen molar-refractivity contribution in [3.05, 3.63) is 0 Å². The summed E-state index contributed by atoms with van der Waals surface area (Å²) in [6, 6.07) is 0.453. The van der Waals surface area contributed by atoms with E-state index < -0.39 is 0 Å².